The Morgan fingerprint density at radius 3 is 1.71 bits per heavy atom. The Morgan fingerprint density at radius 1 is 0.857 bits per heavy atom. The molecule has 0 atom stereocenters. The van der Waals surface area contributed by atoms with Gasteiger partial charge in [0.2, 0.25) is 11.6 Å². The summed E-state index contributed by atoms with van der Waals surface area (Å²) in [7, 11) is 0. The van der Waals surface area contributed by atoms with Crippen molar-refractivity contribution in [3.8, 4) is 0 Å². The van der Waals surface area contributed by atoms with Crippen molar-refractivity contribution < 1.29 is 14.4 Å². The summed E-state index contributed by atoms with van der Waals surface area (Å²) < 4.78 is 0. The number of hydrogen-bond acceptors (Lipinski definition) is 3. The highest BCUT2D eigenvalue weighted by Crippen LogP contribution is 2.23. The number of hydrogen-bond donors (Lipinski definition) is 0. The van der Waals surface area contributed by atoms with E-state index in [0.29, 0.717) is 0 Å². The summed E-state index contributed by atoms with van der Waals surface area (Å²) in [5, 5.41) is 0. The Balaban J connectivity index is 3.37. The molecule has 0 aromatic heterocycles. The summed E-state index contributed by atoms with van der Waals surface area (Å²) in [6.07, 6.45) is 2.99. The number of allylic oxidation sites excluding steroid dienone is 5. The SMILES string of the molecule is C=C1C(=O)C(=O)C(=C/C)/C(=C\C)C1=O. The third-order valence-corrected chi connectivity index (χ3v) is 2.11. The summed E-state index contributed by atoms with van der Waals surface area (Å²) in [6.45, 7) is 6.57. The molecular formula is C11H10O3. The molecule has 0 aromatic carbocycles. The molecule has 72 valence electrons. The highest BCUT2D eigenvalue weighted by atomic mass is 16.2. The van der Waals surface area contributed by atoms with Gasteiger partial charge in [-0.3, -0.25) is 14.4 Å². The average molecular weight is 190 g/mol. The third kappa shape index (κ3) is 1.27. The number of carbonyl (C=O) groups is 3. The Hall–Kier alpha value is -1.77. The Labute approximate surface area is 81.8 Å². The molecule has 0 N–H and O–H groups in total. The summed E-state index contributed by atoms with van der Waals surface area (Å²) >= 11 is 0. The highest BCUT2D eigenvalue weighted by molar-refractivity contribution is 6.60. The minimum absolute atomic E-state index is 0.176. The Bertz CT molecular complexity index is 368. The van der Waals surface area contributed by atoms with E-state index in [0.717, 1.165) is 0 Å². The molecule has 0 radical (unpaired) electrons. The summed E-state index contributed by atoms with van der Waals surface area (Å²) in [5.74, 6) is -1.90. The second kappa shape index (κ2) is 3.54. The van der Waals surface area contributed by atoms with Gasteiger partial charge in [-0.25, -0.2) is 0 Å². The fourth-order valence-electron chi connectivity index (χ4n) is 1.34. The van der Waals surface area contributed by atoms with Gasteiger partial charge in [-0.05, 0) is 13.8 Å². The molecular weight excluding hydrogens is 180 g/mol. The molecule has 3 nitrogen and oxygen atoms in total. The average Bonchev–Trinajstić information content (AvgIpc) is 2.20. The van der Waals surface area contributed by atoms with Crippen LogP contribution in [0.25, 0.3) is 0 Å². The molecule has 0 unspecified atom stereocenters. The first-order valence-corrected chi connectivity index (χ1v) is 4.20. The van der Waals surface area contributed by atoms with Gasteiger partial charge in [-0.2, -0.15) is 0 Å². The molecule has 1 aliphatic carbocycles. The monoisotopic (exact) mass is 190 g/mol. The van der Waals surface area contributed by atoms with E-state index in [1.165, 1.54) is 12.2 Å². The van der Waals surface area contributed by atoms with Crippen LogP contribution >= 0.6 is 0 Å². The van der Waals surface area contributed by atoms with Crippen LogP contribution in [-0.4, -0.2) is 17.3 Å². The van der Waals surface area contributed by atoms with Crippen molar-refractivity contribution in [1.29, 1.82) is 0 Å². The van der Waals surface area contributed by atoms with Gasteiger partial charge in [-0.15, -0.1) is 0 Å². The maximum atomic E-state index is 11.5. The van der Waals surface area contributed by atoms with Crippen molar-refractivity contribution in [2.75, 3.05) is 0 Å². The van der Waals surface area contributed by atoms with Crippen LogP contribution in [0.5, 0.6) is 0 Å². The number of rotatable bonds is 0. The van der Waals surface area contributed by atoms with E-state index >= 15 is 0 Å². The largest absolute Gasteiger partial charge is 0.288 e. The van der Waals surface area contributed by atoms with E-state index in [2.05, 4.69) is 6.58 Å². The molecule has 0 spiro atoms. The number of Topliss-reactive ketones (excluding diaryl/α,β-unsaturated/α-hetero) is 3. The highest BCUT2D eigenvalue weighted by Gasteiger charge is 2.35. The lowest BCUT2D eigenvalue weighted by Gasteiger charge is -2.15. The molecule has 3 heteroatoms. The number of ketones is 3. The molecule has 1 fully saturated rings. The van der Waals surface area contributed by atoms with Crippen LogP contribution < -0.4 is 0 Å². The van der Waals surface area contributed by atoms with E-state index in [-0.39, 0.29) is 16.7 Å². The van der Waals surface area contributed by atoms with Crippen LogP contribution in [0.2, 0.25) is 0 Å². The molecule has 0 aliphatic heterocycles. The molecule has 0 amide bonds. The summed E-state index contributed by atoms with van der Waals surface area (Å²) in [5.41, 5.74) is 0.200. The standard InChI is InChI=1S/C11H10O3/c1-4-7-8(5-2)11(14)10(13)6(3)9(7)12/h4-5H,3H2,1-2H3/b7-4+,8-5+. The predicted octanol–water partition coefficient (Wildman–Crippen LogP) is 1.16. The van der Waals surface area contributed by atoms with Gasteiger partial charge < -0.3 is 0 Å². The van der Waals surface area contributed by atoms with Crippen LogP contribution in [0, 0.1) is 0 Å². The van der Waals surface area contributed by atoms with Crippen LogP contribution in [0.4, 0.5) is 0 Å². The van der Waals surface area contributed by atoms with Crippen LogP contribution in [0.3, 0.4) is 0 Å². The third-order valence-electron chi connectivity index (χ3n) is 2.11. The van der Waals surface area contributed by atoms with Crippen LogP contribution in [-0.2, 0) is 14.4 Å². The van der Waals surface area contributed by atoms with Gasteiger partial charge in [0, 0.05) is 11.1 Å². The molecule has 1 saturated carbocycles. The van der Waals surface area contributed by atoms with E-state index in [4.69, 9.17) is 0 Å². The lowest BCUT2D eigenvalue weighted by Crippen LogP contribution is -2.31. The van der Waals surface area contributed by atoms with Crippen molar-refractivity contribution in [2.45, 2.75) is 13.8 Å². The normalized spacial score (nSPS) is 23.9. The van der Waals surface area contributed by atoms with Gasteiger partial charge in [-0.1, -0.05) is 18.7 Å². The van der Waals surface area contributed by atoms with E-state index in [1.54, 1.807) is 13.8 Å². The summed E-state index contributed by atoms with van der Waals surface area (Å²) in [6, 6.07) is 0. The fourth-order valence-corrected chi connectivity index (χ4v) is 1.34. The molecule has 0 heterocycles. The first-order valence-electron chi connectivity index (χ1n) is 4.20. The van der Waals surface area contributed by atoms with Gasteiger partial charge in [0.15, 0.2) is 5.78 Å². The quantitative estimate of drug-likeness (QED) is 0.327. The molecule has 1 aliphatic rings. The molecule has 0 aromatic rings. The second-order valence-electron chi connectivity index (χ2n) is 2.87. The van der Waals surface area contributed by atoms with Gasteiger partial charge in [0.05, 0.1) is 5.57 Å². The van der Waals surface area contributed by atoms with Gasteiger partial charge in [0.25, 0.3) is 0 Å². The van der Waals surface area contributed by atoms with Crippen molar-refractivity contribution in [3.63, 3.8) is 0 Å². The van der Waals surface area contributed by atoms with E-state index < -0.39 is 17.3 Å². The van der Waals surface area contributed by atoms with E-state index in [1.807, 2.05) is 0 Å². The van der Waals surface area contributed by atoms with Crippen LogP contribution in [0.15, 0.2) is 35.5 Å². The first kappa shape index (κ1) is 10.3. The minimum Gasteiger partial charge on any atom is -0.288 e. The maximum absolute atomic E-state index is 11.5. The zero-order valence-electron chi connectivity index (χ0n) is 8.09. The number of carbonyl (C=O) groups excluding carboxylic acids is 3. The zero-order valence-corrected chi connectivity index (χ0v) is 8.09. The van der Waals surface area contributed by atoms with Gasteiger partial charge in [0.1, 0.15) is 0 Å². The molecule has 0 saturated heterocycles. The summed E-state index contributed by atoms with van der Waals surface area (Å²) in [4.78, 5) is 34.1. The molecule has 0 bridgehead atoms. The molecule has 1 rings (SSSR count). The second-order valence-corrected chi connectivity index (χ2v) is 2.87. The molecule has 14 heavy (non-hydrogen) atoms. The maximum Gasteiger partial charge on any atom is 0.236 e. The van der Waals surface area contributed by atoms with Crippen molar-refractivity contribution in [2.24, 2.45) is 0 Å². The first-order chi connectivity index (χ1) is 6.54. The van der Waals surface area contributed by atoms with Crippen LogP contribution in [0.1, 0.15) is 13.8 Å². The lowest BCUT2D eigenvalue weighted by molar-refractivity contribution is -0.134. The minimum atomic E-state index is -0.797. The fraction of sp³-hybridized carbons (Fsp3) is 0.182. The topological polar surface area (TPSA) is 51.2 Å². The Kier molecular flexibility index (Phi) is 2.60. The van der Waals surface area contributed by atoms with Gasteiger partial charge >= 0.3 is 0 Å². The van der Waals surface area contributed by atoms with Crippen molar-refractivity contribution in [3.05, 3.63) is 35.5 Å². The Morgan fingerprint density at radius 2 is 1.29 bits per heavy atom. The van der Waals surface area contributed by atoms with Crippen molar-refractivity contribution >= 4 is 17.3 Å². The lowest BCUT2D eigenvalue weighted by atomic mass is 9.83. The predicted molar refractivity (Wildman–Crippen MR) is 51.7 cm³/mol. The van der Waals surface area contributed by atoms with E-state index in [9.17, 15) is 14.4 Å². The van der Waals surface area contributed by atoms with Crippen molar-refractivity contribution in [1.82, 2.24) is 0 Å². The zero-order chi connectivity index (χ0) is 10.9. The smallest absolute Gasteiger partial charge is 0.236 e.